The van der Waals surface area contributed by atoms with Gasteiger partial charge < -0.3 is 0 Å². The van der Waals surface area contributed by atoms with Crippen molar-refractivity contribution in [1.82, 2.24) is 0 Å². The van der Waals surface area contributed by atoms with E-state index in [1.54, 1.807) is 0 Å². The van der Waals surface area contributed by atoms with Gasteiger partial charge in [0.15, 0.2) is 0 Å². The first-order valence-corrected chi connectivity index (χ1v) is 11.3. The van der Waals surface area contributed by atoms with Gasteiger partial charge in [-0.05, 0) is 0 Å². The van der Waals surface area contributed by atoms with Crippen molar-refractivity contribution in [2.75, 3.05) is 0 Å². The second kappa shape index (κ2) is 2.49. The molecule has 1 atom stereocenters. The van der Waals surface area contributed by atoms with E-state index in [-0.39, 0.29) is 0 Å². The Morgan fingerprint density at radius 2 is 2.00 bits per heavy atom. The first-order chi connectivity index (χ1) is 4.11. The van der Waals surface area contributed by atoms with Gasteiger partial charge in [-0.15, -0.1) is 0 Å². The Labute approximate surface area is 60.7 Å². The summed E-state index contributed by atoms with van der Waals surface area (Å²) in [7, 11) is 0. The number of allylic oxidation sites excluding steroid dienone is 2. The van der Waals surface area contributed by atoms with Gasteiger partial charge in [0.25, 0.3) is 0 Å². The Balaban J connectivity index is 2.53. The number of rotatable bonds is 1. The van der Waals surface area contributed by atoms with Crippen LogP contribution in [-0.4, -0.2) is 13.3 Å². The molecule has 0 spiro atoms. The molecule has 1 unspecified atom stereocenters. The van der Waals surface area contributed by atoms with Crippen LogP contribution in [0.2, 0.25) is 22.0 Å². The van der Waals surface area contributed by atoms with Gasteiger partial charge in [-0.1, -0.05) is 0 Å². The van der Waals surface area contributed by atoms with Gasteiger partial charge in [0, 0.05) is 0 Å². The van der Waals surface area contributed by atoms with Crippen molar-refractivity contribution in [2.45, 2.75) is 34.9 Å². The van der Waals surface area contributed by atoms with Gasteiger partial charge in [0.05, 0.1) is 0 Å². The van der Waals surface area contributed by atoms with E-state index >= 15 is 0 Å². The minimum atomic E-state index is -1.27. The molecule has 0 aromatic heterocycles. The Hall–Kier alpha value is 0.283. The van der Waals surface area contributed by atoms with Crippen LogP contribution in [0.5, 0.6) is 0 Å². The third-order valence-electron chi connectivity index (χ3n) is 2.13. The van der Waals surface area contributed by atoms with Gasteiger partial charge in [0.1, 0.15) is 0 Å². The van der Waals surface area contributed by atoms with Crippen LogP contribution >= 0.6 is 0 Å². The molecule has 9 heavy (non-hydrogen) atoms. The Morgan fingerprint density at radius 3 is 2.22 bits per heavy atom. The van der Waals surface area contributed by atoms with Crippen molar-refractivity contribution in [3.8, 4) is 0 Å². The molecule has 0 amide bonds. The molecular weight excluding hydrogens is 169 g/mol. The molecule has 0 nitrogen and oxygen atoms in total. The molecular formula is C8H16Ge. The summed E-state index contributed by atoms with van der Waals surface area (Å²) >= 11 is -1.27. The normalized spacial score (nSPS) is 27.2. The van der Waals surface area contributed by atoms with Gasteiger partial charge in [0.2, 0.25) is 0 Å². The summed E-state index contributed by atoms with van der Waals surface area (Å²) in [5, 5.41) is 0. The average Bonchev–Trinajstić information content (AvgIpc) is 2.08. The van der Waals surface area contributed by atoms with E-state index in [4.69, 9.17) is 0 Å². The van der Waals surface area contributed by atoms with Crippen molar-refractivity contribution < 1.29 is 0 Å². The van der Waals surface area contributed by atoms with Crippen LogP contribution in [-0.2, 0) is 0 Å². The SMILES string of the molecule is [CH3][Ge]([CH3])([CH3])[CH]1C=CCC1. The first kappa shape index (κ1) is 7.39. The summed E-state index contributed by atoms with van der Waals surface area (Å²) < 4.78 is 1.02. The topological polar surface area (TPSA) is 0 Å². The molecule has 52 valence electrons. The average molecular weight is 185 g/mol. The molecule has 1 rings (SSSR count). The van der Waals surface area contributed by atoms with Gasteiger partial charge >= 0.3 is 60.3 Å². The molecule has 0 N–H and O–H groups in total. The zero-order valence-corrected chi connectivity index (χ0v) is 8.74. The quantitative estimate of drug-likeness (QED) is 0.434. The van der Waals surface area contributed by atoms with Crippen LogP contribution in [0.25, 0.3) is 0 Å². The van der Waals surface area contributed by atoms with Gasteiger partial charge in [-0.3, -0.25) is 0 Å². The van der Waals surface area contributed by atoms with E-state index in [2.05, 4.69) is 29.4 Å². The molecule has 0 saturated heterocycles. The molecule has 0 aromatic rings. The van der Waals surface area contributed by atoms with Crippen LogP contribution in [0.3, 0.4) is 0 Å². The summed E-state index contributed by atoms with van der Waals surface area (Å²) in [5.74, 6) is 7.50. The van der Waals surface area contributed by atoms with Crippen molar-refractivity contribution in [3.05, 3.63) is 12.2 Å². The van der Waals surface area contributed by atoms with E-state index in [1.807, 2.05) is 0 Å². The van der Waals surface area contributed by atoms with Crippen molar-refractivity contribution in [3.63, 3.8) is 0 Å². The summed E-state index contributed by atoms with van der Waals surface area (Å²) in [6.07, 6.45) is 7.58. The minimum absolute atomic E-state index is 1.02. The van der Waals surface area contributed by atoms with Crippen LogP contribution in [0, 0.1) is 0 Å². The summed E-state index contributed by atoms with van der Waals surface area (Å²) in [5.41, 5.74) is 0. The van der Waals surface area contributed by atoms with Gasteiger partial charge in [-0.2, -0.15) is 0 Å². The maximum atomic E-state index is 2.50. The Morgan fingerprint density at radius 1 is 1.33 bits per heavy atom. The second-order valence-corrected chi connectivity index (χ2v) is 15.5. The number of hydrogen-bond donors (Lipinski definition) is 0. The third-order valence-corrected chi connectivity index (χ3v) is 7.80. The molecule has 0 aromatic carbocycles. The van der Waals surface area contributed by atoms with E-state index in [9.17, 15) is 0 Å². The standard InChI is InChI=1S/C8H16Ge/c1-9(2,3)8-6-4-5-7-8/h4,6,8H,5,7H2,1-3H3. The molecule has 0 bridgehead atoms. The summed E-state index contributed by atoms with van der Waals surface area (Å²) in [4.78, 5) is 0. The van der Waals surface area contributed by atoms with Crippen LogP contribution in [0.15, 0.2) is 12.2 Å². The monoisotopic (exact) mass is 186 g/mol. The number of hydrogen-bond acceptors (Lipinski definition) is 0. The molecule has 0 radical (unpaired) electrons. The van der Waals surface area contributed by atoms with Gasteiger partial charge in [-0.25, -0.2) is 0 Å². The summed E-state index contributed by atoms with van der Waals surface area (Å²) in [6, 6.07) is 0. The predicted octanol–water partition coefficient (Wildman–Crippen LogP) is 3.04. The van der Waals surface area contributed by atoms with Crippen molar-refractivity contribution in [1.29, 1.82) is 0 Å². The molecule has 0 fully saturated rings. The molecule has 0 saturated carbocycles. The van der Waals surface area contributed by atoms with Crippen molar-refractivity contribution in [2.24, 2.45) is 0 Å². The van der Waals surface area contributed by atoms with Crippen LogP contribution in [0.1, 0.15) is 12.8 Å². The molecule has 1 aliphatic carbocycles. The zero-order valence-electron chi connectivity index (χ0n) is 6.65. The van der Waals surface area contributed by atoms with Crippen LogP contribution < -0.4 is 0 Å². The first-order valence-electron chi connectivity index (χ1n) is 3.77. The van der Waals surface area contributed by atoms with Crippen LogP contribution in [0.4, 0.5) is 0 Å². The molecule has 0 heterocycles. The fraction of sp³-hybridized carbons (Fsp3) is 0.750. The van der Waals surface area contributed by atoms with E-state index < -0.39 is 13.3 Å². The van der Waals surface area contributed by atoms with E-state index in [0.717, 1.165) is 4.75 Å². The summed E-state index contributed by atoms with van der Waals surface area (Å²) in [6.45, 7) is 0. The predicted molar refractivity (Wildman–Crippen MR) is 45.5 cm³/mol. The Kier molecular flexibility index (Phi) is 2.04. The van der Waals surface area contributed by atoms with Crippen molar-refractivity contribution >= 4 is 13.3 Å². The zero-order chi connectivity index (χ0) is 6.91. The molecule has 0 aliphatic heterocycles. The fourth-order valence-electron chi connectivity index (χ4n) is 1.35. The third kappa shape index (κ3) is 1.85. The molecule has 1 heteroatoms. The fourth-order valence-corrected chi connectivity index (χ4v) is 5.02. The van der Waals surface area contributed by atoms with E-state index in [1.165, 1.54) is 12.8 Å². The Bertz CT molecular complexity index is 119. The second-order valence-electron chi connectivity index (χ2n) is 3.98. The molecule has 1 aliphatic rings. The van der Waals surface area contributed by atoms with E-state index in [0.29, 0.717) is 0 Å². The maximum absolute atomic E-state index is 2.50.